The van der Waals surface area contributed by atoms with Crippen molar-refractivity contribution in [2.24, 2.45) is 5.73 Å². The summed E-state index contributed by atoms with van der Waals surface area (Å²) in [4.78, 5) is 21.8. The fourth-order valence-electron chi connectivity index (χ4n) is 1.17. The van der Waals surface area contributed by atoms with Crippen molar-refractivity contribution in [1.29, 1.82) is 0 Å². The number of ether oxygens (including phenoxy) is 1. The minimum Gasteiger partial charge on any atom is -0.481 e. The highest BCUT2D eigenvalue weighted by atomic mass is 16.5. The van der Waals surface area contributed by atoms with Crippen molar-refractivity contribution in [3.8, 4) is 5.75 Å². The largest absolute Gasteiger partial charge is 0.481 e. The Morgan fingerprint density at radius 3 is 2.69 bits per heavy atom. The lowest BCUT2D eigenvalue weighted by Gasteiger charge is -2.13. The summed E-state index contributed by atoms with van der Waals surface area (Å²) in [6, 6.07) is 6.39. The average Bonchev–Trinajstić information content (AvgIpc) is 2.16. The molecule has 86 valence electrons. The third kappa shape index (κ3) is 3.61. The first-order valence-corrected chi connectivity index (χ1v) is 4.82. The average molecular weight is 222 g/mol. The highest BCUT2D eigenvalue weighted by Gasteiger charge is 2.15. The number of carbonyl (C=O) groups excluding carboxylic acids is 2. The summed E-state index contributed by atoms with van der Waals surface area (Å²) in [7, 11) is 0. The summed E-state index contributed by atoms with van der Waals surface area (Å²) >= 11 is 0. The Bertz CT molecular complexity index is 404. The van der Waals surface area contributed by atoms with Gasteiger partial charge in [-0.2, -0.15) is 0 Å². The van der Waals surface area contributed by atoms with E-state index in [1.807, 2.05) is 24.4 Å². The lowest BCUT2D eigenvalue weighted by Crippen LogP contribution is -2.42. The predicted molar refractivity (Wildman–Crippen MR) is 59.0 cm³/mol. The molecule has 0 radical (unpaired) electrons. The van der Waals surface area contributed by atoms with Gasteiger partial charge in [-0.25, -0.2) is 4.79 Å². The lowest BCUT2D eigenvalue weighted by atomic mass is 10.2. The first kappa shape index (κ1) is 12.0. The molecule has 5 nitrogen and oxygen atoms in total. The van der Waals surface area contributed by atoms with Gasteiger partial charge in [0.15, 0.2) is 6.10 Å². The number of urea groups is 1. The topological polar surface area (TPSA) is 81.4 Å². The van der Waals surface area contributed by atoms with E-state index in [2.05, 4.69) is 0 Å². The molecule has 1 unspecified atom stereocenters. The van der Waals surface area contributed by atoms with Gasteiger partial charge in [0.05, 0.1) is 0 Å². The molecule has 0 heterocycles. The molecule has 3 amide bonds. The van der Waals surface area contributed by atoms with Gasteiger partial charge in [0.25, 0.3) is 5.91 Å². The maximum Gasteiger partial charge on any atom is 0.318 e. The zero-order valence-corrected chi connectivity index (χ0v) is 9.19. The Labute approximate surface area is 93.6 Å². The third-order valence-electron chi connectivity index (χ3n) is 1.92. The number of imide groups is 1. The fraction of sp³-hybridized carbons (Fsp3) is 0.273. The van der Waals surface area contributed by atoms with E-state index in [1.54, 1.807) is 19.1 Å². The highest BCUT2D eigenvalue weighted by Crippen LogP contribution is 2.13. The standard InChI is InChI=1S/C11H14N2O3/c1-7-4-3-5-9(6-7)16-8(2)10(14)13-11(12)15/h3-6,8H,1-2H3,(H3,12,13,14,15). The quantitative estimate of drug-likeness (QED) is 0.799. The lowest BCUT2D eigenvalue weighted by molar-refractivity contribution is -0.126. The summed E-state index contributed by atoms with van der Waals surface area (Å²) in [6.45, 7) is 3.46. The number of amides is 3. The first-order valence-electron chi connectivity index (χ1n) is 4.82. The molecule has 1 aromatic carbocycles. The zero-order valence-electron chi connectivity index (χ0n) is 9.19. The number of nitrogens with one attached hydrogen (secondary N) is 1. The Hall–Kier alpha value is -2.04. The molecular formula is C11H14N2O3. The zero-order chi connectivity index (χ0) is 12.1. The van der Waals surface area contributed by atoms with Crippen LogP contribution in [0.15, 0.2) is 24.3 Å². The van der Waals surface area contributed by atoms with E-state index in [9.17, 15) is 9.59 Å². The van der Waals surface area contributed by atoms with E-state index < -0.39 is 18.0 Å². The molecule has 0 bridgehead atoms. The van der Waals surface area contributed by atoms with Gasteiger partial charge < -0.3 is 10.5 Å². The van der Waals surface area contributed by atoms with Crippen LogP contribution in [0.3, 0.4) is 0 Å². The maximum atomic E-state index is 11.3. The highest BCUT2D eigenvalue weighted by molar-refractivity contribution is 5.95. The van der Waals surface area contributed by atoms with Gasteiger partial charge in [-0.3, -0.25) is 10.1 Å². The Morgan fingerprint density at radius 1 is 1.44 bits per heavy atom. The predicted octanol–water partition coefficient (Wildman–Crippen LogP) is 0.957. The molecule has 0 aliphatic carbocycles. The summed E-state index contributed by atoms with van der Waals surface area (Å²) in [5.74, 6) is 0.0149. The number of primary amides is 1. The van der Waals surface area contributed by atoms with E-state index in [1.165, 1.54) is 0 Å². The van der Waals surface area contributed by atoms with Gasteiger partial charge in [0.1, 0.15) is 5.75 Å². The molecule has 0 aliphatic heterocycles. The number of hydrogen-bond donors (Lipinski definition) is 2. The molecule has 1 rings (SSSR count). The molecule has 0 saturated carbocycles. The Morgan fingerprint density at radius 2 is 2.12 bits per heavy atom. The Balaban J connectivity index is 2.60. The SMILES string of the molecule is Cc1cccc(OC(C)C(=O)NC(N)=O)c1. The van der Waals surface area contributed by atoms with Crippen LogP contribution in [-0.2, 0) is 4.79 Å². The smallest absolute Gasteiger partial charge is 0.318 e. The van der Waals surface area contributed by atoms with Gasteiger partial charge in [0.2, 0.25) is 0 Å². The van der Waals surface area contributed by atoms with Crippen LogP contribution in [0.1, 0.15) is 12.5 Å². The van der Waals surface area contributed by atoms with Gasteiger partial charge in [-0.1, -0.05) is 12.1 Å². The van der Waals surface area contributed by atoms with Crippen LogP contribution in [0.4, 0.5) is 4.79 Å². The van der Waals surface area contributed by atoms with E-state index >= 15 is 0 Å². The molecule has 0 spiro atoms. The number of carbonyl (C=O) groups is 2. The second kappa shape index (κ2) is 5.16. The summed E-state index contributed by atoms with van der Waals surface area (Å²) in [6.07, 6.45) is -0.769. The van der Waals surface area contributed by atoms with Crippen LogP contribution >= 0.6 is 0 Å². The number of aryl methyl sites for hydroxylation is 1. The number of benzene rings is 1. The van der Waals surface area contributed by atoms with Crippen molar-refractivity contribution in [2.75, 3.05) is 0 Å². The molecule has 0 aliphatic rings. The second-order valence-corrected chi connectivity index (χ2v) is 3.43. The van der Waals surface area contributed by atoms with E-state index in [4.69, 9.17) is 10.5 Å². The number of rotatable bonds is 3. The van der Waals surface area contributed by atoms with Crippen LogP contribution in [0.2, 0.25) is 0 Å². The molecule has 16 heavy (non-hydrogen) atoms. The van der Waals surface area contributed by atoms with Crippen molar-refractivity contribution in [3.05, 3.63) is 29.8 Å². The van der Waals surface area contributed by atoms with Gasteiger partial charge >= 0.3 is 6.03 Å². The fourth-order valence-corrected chi connectivity index (χ4v) is 1.17. The van der Waals surface area contributed by atoms with Crippen molar-refractivity contribution in [1.82, 2.24) is 5.32 Å². The number of nitrogens with two attached hydrogens (primary N) is 1. The molecule has 1 aromatic rings. The minimum absolute atomic E-state index is 0.561. The van der Waals surface area contributed by atoms with E-state index in [0.717, 1.165) is 5.56 Å². The van der Waals surface area contributed by atoms with Crippen molar-refractivity contribution < 1.29 is 14.3 Å². The molecule has 0 aromatic heterocycles. The summed E-state index contributed by atoms with van der Waals surface area (Å²) in [5, 5.41) is 1.95. The van der Waals surface area contributed by atoms with Crippen LogP contribution in [0.5, 0.6) is 5.75 Å². The summed E-state index contributed by atoms with van der Waals surface area (Å²) in [5.41, 5.74) is 5.85. The van der Waals surface area contributed by atoms with Crippen LogP contribution in [0.25, 0.3) is 0 Å². The monoisotopic (exact) mass is 222 g/mol. The van der Waals surface area contributed by atoms with Crippen molar-refractivity contribution in [3.63, 3.8) is 0 Å². The van der Waals surface area contributed by atoms with Gasteiger partial charge in [0, 0.05) is 0 Å². The molecule has 0 saturated heterocycles. The van der Waals surface area contributed by atoms with Crippen LogP contribution in [-0.4, -0.2) is 18.0 Å². The van der Waals surface area contributed by atoms with Crippen LogP contribution in [0, 0.1) is 6.92 Å². The molecule has 3 N–H and O–H groups in total. The normalized spacial score (nSPS) is 11.6. The molecule has 1 atom stereocenters. The second-order valence-electron chi connectivity index (χ2n) is 3.43. The Kier molecular flexibility index (Phi) is 3.88. The summed E-state index contributed by atoms with van der Waals surface area (Å²) < 4.78 is 5.34. The third-order valence-corrected chi connectivity index (χ3v) is 1.92. The van der Waals surface area contributed by atoms with Gasteiger partial charge in [-0.15, -0.1) is 0 Å². The first-order chi connectivity index (χ1) is 7.49. The van der Waals surface area contributed by atoms with Crippen molar-refractivity contribution in [2.45, 2.75) is 20.0 Å². The van der Waals surface area contributed by atoms with E-state index in [-0.39, 0.29) is 0 Å². The molecule has 5 heteroatoms. The minimum atomic E-state index is -0.885. The maximum absolute atomic E-state index is 11.3. The molecule has 0 fully saturated rings. The van der Waals surface area contributed by atoms with Gasteiger partial charge in [-0.05, 0) is 31.5 Å². The van der Waals surface area contributed by atoms with E-state index in [0.29, 0.717) is 5.75 Å². The molecular weight excluding hydrogens is 208 g/mol. The van der Waals surface area contributed by atoms with Crippen LogP contribution < -0.4 is 15.8 Å². The number of hydrogen-bond acceptors (Lipinski definition) is 3. The van der Waals surface area contributed by atoms with Crippen molar-refractivity contribution >= 4 is 11.9 Å².